The Labute approximate surface area is 52.4 Å². The van der Waals surface area contributed by atoms with Crippen LogP contribution in [-0.4, -0.2) is 20.7 Å². The number of primary amides is 1. The molecule has 6 nitrogen and oxygen atoms in total. The predicted octanol–water partition coefficient (Wildman–Crippen LogP) is -1.87. The topological polar surface area (TPSA) is 103 Å². The molecule has 0 bridgehead atoms. The minimum Gasteiger partial charge on any atom is -0.349 e. The van der Waals surface area contributed by atoms with Gasteiger partial charge in [0.1, 0.15) is 0 Å². The summed E-state index contributed by atoms with van der Waals surface area (Å²) >= 11 is 0. The Hall–Kier alpha value is -0.820. The standard InChI is InChI=1S/C2H6N3O3S/c1-9(7,8)5-4-2(3)6/h5H,1H3,(H2,3,6). The Balaban J connectivity index is 3.67. The van der Waals surface area contributed by atoms with Gasteiger partial charge in [0.25, 0.3) is 0 Å². The molecule has 0 aromatic heterocycles. The number of carbonyl (C=O) groups is 1. The summed E-state index contributed by atoms with van der Waals surface area (Å²) in [5.41, 5.74) is 7.16. The van der Waals surface area contributed by atoms with E-state index >= 15 is 0 Å². The lowest BCUT2D eigenvalue weighted by Crippen LogP contribution is -2.37. The summed E-state index contributed by atoms with van der Waals surface area (Å²) in [6.45, 7) is 0. The van der Waals surface area contributed by atoms with Crippen molar-refractivity contribution in [2.24, 2.45) is 5.73 Å². The highest BCUT2D eigenvalue weighted by molar-refractivity contribution is 7.88. The van der Waals surface area contributed by atoms with Gasteiger partial charge in [-0.2, -0.15) is 0 Å². The van der Waals surface area contributed by atoms with Crippen LogP contribution in [0.15, 0.2) is 0 Å². The molecule has 1 radical (unpaired) electrons. The highest BCUT2D eigenvalue weighted by Gasteiger charge is 2.01. The number of carbonyl (C=O) groups excluding carboxylic acids is 1. The highest BCUT2D eigenvalue weighted by Crippen LogP contribution is 1.67. The van der Waals surface area contributed by atoms with E-state index in [4.69, 9.17) is 0 Å². The van der Waals surface area contributed by atoms with E-state index in [0.717, 1.165) is 6.26 Å². The van der Waals surface area contributed by atoms with Gasteiger partial charge in [0.2, 0.25) is 10.0 Å². The molecule has 0 unspecified atom stereocenters. The van der Waals surface area contributed by atoms with Crippen molar-refractivity contribution in [3.8, 4) is 0 Å². The number of nitrogens with one attached hydrogen (secondary N) is 1. The van der Waals surface area contributed by atoms with Gasteiger partial charge in [-0.25, -0.2) is 13.2 Å². The number of rotatable bonds is 2. The van der Waals surface area contributed by atoms with E-state index in [1.807, 2.05) is 0 Å². The van der Waals surface area contributed by atoms with Crippen LogP contribution in [0.3, 0.4) is 0 Å². The molecule has 0 aliphatic rings. The molecular formula is C2H6N3O3S. The van der Waals surface area contributed by atoms with Crippen LogP contribution in [0.1, 0.15) is 0 Å². The normalized spacial score (nSPS) is 10.8. The predicted molar refractivity (Wildman–Crippen MR) is 29.7 cm³/mol. The van der Waals surface area contributed by atoms with E-state index in [0.29, 0.717) is 0 Å². The first-order chi connectivity index (χ1) is 3.92. The largest absolute Gasteiger partial charge is 0.351 e. The van der Waals surface area contributed by atoms with Gasteiger partial charge in [-0.05, 0) is 0 Å². The number of sulfonamides is 1. The summed E-state index contributed by atoms with van der Waals surface area (Å²) in [4.78, 5) is 11.3. The molecule has 2 amide bonds. The molecule has 0 aliphatic carbocycles. The molecule has 0 rings (SSSR count). The molecule has 0 saturated heterocycles. The molecular weight excluding hydrogens is 146 g/mol. The van der Waals surface area contributed by atoms with Crippen molar-refractivity contribution in [1.82, 2.24) is 10.3 Å². The van der Waals surface area contributed by atoms with E-state index in [1.165, 1.54) is 0 Å². The second kappa shape index (κ2) is 2.65. The Kier molecular flexibility index (Phi) is 2.41. The van der Waals surface area contributed by atoms with Crippen LogP contribution in [0.25, 0.3) is 0 Å². The molecule has 0 heterocycles. The molecule has 0 atom stereocenters. The van der Waals surface area contributed by atoms with Crippen molar-refractivity contribution in [1.29, 1.82) is 0 Å². The van der Waals surface area contributed by atoms with Crippen molar-refractivity contribution < 1.29 is 13.2 Å². The number of nitrogens with two attached hydrogens (primary N) is 1. The second-order valence-electron chi connectivity index (χ2n) is 1.31. The lowest BCUT2D eigenvalue weighted by Gasteiger charge is -1.94. The first-order valence-electron chi connectivity index (χ1n) is 1.89. The zero-order valence-corrected chi connectivity index (χ0v) is 5.47. The van der Waals surface area contributed by atoms with Gasteiger partial charge in [-0.3, -0.25) is 0 Å². The van der Waals surface area contributed by atoms with Crippen LogP contribution in [-0.2, 0) is 10.0 Å². The first kappa shape index (κ1) is 8.18. The van der Waals surface area contributed by atoms with Crippen LogP contribution in [0.2, 0.25) is 0 Å². The molecule has 0 spiro atoms. The Morgan fingerprint density at radius 2 is 2.11 bits per heavy atom. The third-order valence-electron chi connectivity index (χ3n) is 0.322. The van der Waals surface area contributed by atoms with Gasteiger partial charge >= 0.3 is 6.03 Å². The monoisotopic (exact) mass is 152 g/mol. The molecule has 7 heteroatoms. The van der Waals surface area contributed by atoms with Gasteiger partial charge in [0.05, 0.1) is 6.26 Å². The average Bonchev–Trinajstić information content (AvgIpc) is 1.59. The maximum absolute atomic E-state index is 10.1. The SMILES string of the molecule is CS(=O)(=O)N[N]C(N)=O. The summed E-state index contributed by atoms with van der Waals surface area (Å²) in [7, 11) is -3.44. The second-order valence-corrected chi connectivity index (χ2v) is 3.04. The van der Waals surface area contributed by atoms with Gasteiger partial charge in [-0.15, -0.1) is 10.3 Å². The molecule has 53 valence electrons. The number of amides is 2. The summed E-state index contributed by atoms with van der Waals surface area (Å²) in [6.07, 6.45) is 0.861. The molecule has 0 aromatic carbocycles. The lowest BCUT2D eigenvalue weighted by atomic mass is 11.2. The quantitative estimate of drug-likeness (QED) is 0.453. The molecule has 0 aliphatic heterocycles. The van der Waals surface area contributed by atoms with Crippen LogP contribution in [0.4, 0.5) is 4.79 Å². The minimum absolute atomic E-state index is 0.861. The third kappa shape index (κ3) is 7.18. The molecule has 0 fully saturated rings. The maximum atomic E-state index is 10.1. The van der Waals surface area contributed by atoms with E-state index < -0.39 is 16.1 Å². The molecule has 9 heavy (non-hydrogen) atoms. The van der Waals surface area contributed by atoms with E-state index in [2.05, 4.69) is 11.2 Å². The fourth-order valence-electron chi connectivity index (χ4n) is 0.128. The van der Waals surface area contributed by atoms with Crippen LogP contribution >= 0.6 is 0 Å². The molecule has 3 N–H and O–H groups in total. The number of hydrogen-bond acceptors (Lipinski definition) is 3. The van der Waals surface area contributed by atoms with Gasteiger partial charge in [-0.1, -0.05) is 0 Å². The van der Waals surface area contributed by atoms with Crippen molar-refractivity contribution in [2.45, 2.75) is 0 Å². The molecule has 0 saturated carbocycles. The smallest absolute Gasteiger partial charge is 0.349 e. The first-order valence-corrected chi connectivity index (χ1v) is 3.78. The summed E-state index contributed by atoms with van der Waals surface area (Å²) in [5, 5.41) is 0. The van der Waals surface area contributed by atoms with E-state index in [9.17, 15) is 13.2 Å². The maximum Gasteiger partial charge on any atom is 0.351 e. The zero-order chi connectivity index (χ0) is 7.49. The van der Waals surface area contributed by atoms with Gasteiger partial charge in [0, 0.05) is 0 Å². The number of urea groups is 1. The van der Waals surface area contributed by atoms with Crippen molar-refractivity contribution in [2.75, 3.05) is 6.26 Å². The average molecular weight is 152 g/mol. The number of hydrogen-bond donors (Lipinski definition) is 2. The van der Waals surface area contributed by atoms with Gasteiger partial charge < -0.3 is 5.73 Å². The van der Waals surface area contributed by atoms with Crippen LogP contribution in [0.5, 0.6) is 0 Å². The van der Waals surface area contributed by atoms with Crippen molar-refractivity contribution in [3.63, 3.8) is 0 Å². The zero-order valence-electron chi connectivity index (χ0n) is 4.66. The fraction of sp³-hybridized carbons (Fsp3) is 0.500. The Morgan fingerprint density at radius 3 is 2.22 bits per heavy atom. The Morgan fingerprint density at radius 1 is 1.67 bits per heavy atom. The summed E-state index contributed by atoms with van der Waals surface area (Å²) in [6, 6.07) is -1.07. The van der Waals surface area contributed by atoms with Gasteiger partial charge in [0.15, 0.2) is 0 Å². The Bertz CT molecular complexity index is 195. The summed E-state index contributed by atoms with van der Waals surface area (Å²) < 4.78 is 20.2. The minimum atomic E-state index is -3.44. The van der Waals surface area contributed by atoms with Crippen LogP contribution < -0.4 is 16.0 Å². The third-order valence-corrected chi connectivity index (χ3v) is 0.745. The summed E-state index contributed by atoms with van der Waals surface area (Å²) in [5.74, 6) is 0. The van der Waals surface area contributed by atoms with Crippen molar-refractivity contribution >= 4 is 16.1 Å². The molecule has 0 aromatic rings. The van der Waals surface area contributed by atoms with Crippen molar-refractivity contribution in [3.05, 3.63) is 0 Å². The fourth-order valence-corrected chi connectivity index (χ4v) is 0.384. The van der Waals surface area contributed by atoms with E-state index in [1.54, 1.807) is 4.83 Å². The van der Waals surface area contributed by atoms with Crippen LogP contribution in [0, 0.1) is 0 Å². The van der Waals surface area contributed by atoms with E-state index in [-0.39, 0.29) is 0 Å². The number of nitrogens with zero attached hydrogens (tertiary/aromatic N) is 1. The highest BCUT2D eigenvalue weighted by atomic mass is 32.2. The lowest BCUT2D eigenvalue weighted by molar-refractivity contribution is 0.246.